The molecule has 0 amide bonds. The van der Waals surface area contributed by atoms with Gasteiger partial charge in [-0.1, -0.05) is 0 Å². The maximum absolute atomic E-state index is 8.87. The highest BCUT2D eigenvalue weighted by Gasteiger charge is 2.23. The van der Waals surface area contributed by atoms with Crippen molar-refractivity contribution >= 4 is 0 Å². The van der Waals surface area contributed by atoms with Crippen molar-refractivity contribution in [2.24, 2.45) is 11.7 Å². The van der Waals surface area contributed by atoms with E-state index in [1.807, 2.05) is 0 Å². The van der Waals surface area contributed by atoms with Crippen LogP contribution in [0.5, 0.6) is 0 Å². The van der Waals surface area contributed by atoms with Crippen LogP contribution in [0.15, 0.2) is 0 Å². The van der Waals surface area contributed by atoms with Crippen LogP contribution in [0.2, 0.25) is 0 Å². The lowest BCUT2D eigenvalue weighted by molar-refractivity contribution is 0.120. The molecule has 0 aliphatic carbocycles. The lowest BCUT2D eigenvalue weighted by Crippen LogP contribution is -2.46. The van der Waals surface area contributed by atoms with E-state index in [4.69, 9.17) is 10.8 Å². The molecule has 3 N–H and O–H groups in total. The Kier molecular flexibility index (Phi) is 2.65. The minimum Gasteiger partial charge on any atom is -0.396 e. The van der Waals surface area contributed by atoms with Crippen molar-refractivity contribution in [3.05, 3.63) is 0 Å². The lowest BCUT2D eigenvalue weighted by Gasteiger charge is -2.33. The molecule has 0 spiro atoms. The number of aliphatic hydroxyl groups is 1. The minimum absolute atomic E-state index is 0.209. The fourth-order valence-electron chi connectivity index (χ4n) is 1.43. The van der Waals surface area contributed by atoms with Gasteiger partial charge in [0.1, 0.15) is 0 Å². The van der Waals surface area contributed by atoms with Crippen LogP contribution in [0, 0.1) is 5.92 Å². The van der Waals surface area contributed by atoms with Crippen LogP contribution in [-0.2, 0) is 0 Å². The fourth-order valence-corrected chi connectivity index (χ4v) is 1.43. The largest absolute Gasteiger partial charge is 0.396 e. The molecule has 2 unspecified atom stereocenters. The van der Waals surface area contributed by atoms with Gasteiger partial charge in [0.05, 0.1) is 0 Å². The molecule has 1 aliphatic rings. The number of aliphatic hydroxyl groups excluding tert-OH is 1. The molecular formula is C7H16N2O. The molecule has 1 rings (SSSR count). The number of hydrogen-bond donors (Lipinski definition) is 2. The highest BCUT2D eigenvalue weighted by Crippen LogP contribution is 2.12. The predicted octanol–water partition coefficient (Wildman–Crippen LogP) is -0.742. The van der Waals surface area contributed by atoms with Gasteiger partial charge in [-0.05, 0) is 20.0 Å². The molecule has 0 radical (unpaired) electrons. The van der Waals surface area contributed by atoms with Gasteiger partial charge in [-0.15, -0.1) is 0 Å². The number of nitrogens with two attached hydrogens (primary N) is 1. The van der Waals surface area contributed by atoms with Gasteiger partial charge in [-0.3, -0.25) is 0 Å². The standard InChI is InChI=1S/C7H16N2O/c1-9-3-2-7(8)6(4-9)5-10/h6-7,10H,2-5,8H2,1H3. The Morgan fingerprint density at radius 1 is 1.70 bits per heavy atom. The summed E-state index contributed by atoms with van der Waals surface area (Å²) in [6.07, 6.45) is 1.02. The van der Waals surface area contributed by atoms with Crippen molar-refractivity contribution in [1.82, 2.24) is 4.90 Å². The van der Waals surface area contributed by atoms with Gasteiger partial charge in [-0.2, -0.15) is 0 Å². The van der Waals surface area contributed by atoms with E-state index in [0.29, 0.717) is 5.92 Å². The Morgan fingerprint density at radius 3 is 2.90 bits per heavy atom. The van der Waals surface area contributed by atoms with Crippen molar-refractivity contribution in [3.63, 3.8) is 0 Å². The molecule has 3 heteroatoms. The molecule has 3 nitrogen and oxygen atoms in total. The highest BCUT2D eigenvalue weighted by atomic mass is 16.3. The number of rotatable bonds is 1. The third kappa shape index (κ3) is 1.68. The van der Waals surface area contributed by atoms with Gasteiger partial charge in [-0.25, -0.2) is 0 Å². The molecule has 2 atom stereocenters. The first-order valence-electron chi connectivity index (χ1n) is 3.79. The maximum atomic E-state index is 8.87. The van der Waals surface area contributed by atoms with E-state index in [1.165, 1.54) is 0 Å². The molecule has 0 saturated carbocycles. The summed E-state index contributed by atoms with van der Waals surface area (Å²) in [7, 11) is 2.06. The topological polar surface area (TPSA) is 49.5 Å². The Morgan fingerprint density at radius 2 is 2.40 bits per heavy atom. The van der Waals surface area contributed by atoms with Gasteiger partial charge in [0.25, 0.3) is 0 Å². The van der Waals surface area contributed by atoms with E-state index in [1.54, 1.807) is 0 Å². The number of hydrogen-bond acceptors (Lipinski definition) is 3. The molecule has 0 bridgehead atoms. The summed E-state index contributed by atoms with van der Waals surface area (Å²) in [6, 6.07) is 0.209. The Labute approximate surface area is 61.8 Å². The Hall–Kier alpha value is -0.120. The molecular weight excluding hydrogens is 128 g/mol. The molecule has 0 aromatic carbocycles. The monoisotopic (exact) mass is 144 g/mol. The molecule has 60 valence electrons. The van der Waals surface area contributed by atoms with Gasteiger partial charge in [0, 0.05) is 25.1 Å². The zero-order valence-corrected chi connectivity index (χ0v) is 6.45. The zero-order chi connectivity index (χ0) is 7.56. The second-order valence-corrected chi connectivity index (χ2v) is 3.16. The van der Waals surface area contributed by atoms with E-state index < -0.39 is 0 Å². The first kappa shape index (κ1) is 7.98. The molecule has 1 heterocycles. The molecule has 0 aromatic rings. The van der Waals surface area contributed by atoms with Gasteiger partial charge < -0.3 is 15.7 Å². The first-order valence-corrected chi connectivity index (χ1v) is 3.79. The van der Waals surface area contributed by atoms with Crippen molar-refractivity contribution in [1.29, 1.82) is 0 Å². The van der Waals surface area contributed by atoms with Crippen LogP contribution in [0.25, 0.3) is 0 Å². The maximum Gasteiger partial charge on any atom is 0.0486 e. The second kappa shape index (κ2) is 3.32. The Bertz CT molecular complexity index is 108. The first-order chi connectivity index (χ1) is 4.74. The molecule has 1 saturated heterocycles. The fraction of sp³-hybridized carbons (Fsp3) is 1.00. The van der Waals surface area contributed by atoms with Crippen LogP contribution in [0.1, 0.15) is 6.42 Å². The summed E-state index contributed by atoms with van der Waals surface area (Å²) in [5, 5.41) is 8.87. The summed E-state index contributed by atoms with van der Waals surface area (Å²) in [5.41, 5.74) is 5.77. The van der Waals surface area contributed by atoms with Gasteiger partial charge in [0.2, 0.25) is 0 Å². The molecule has 10 heavy (non-hydrogen) atoms. The summed E-state index contributed by atoms with van der Waals surface area (Å²) in [6.45, 7) is 2.24. The minimum atomic E-state index is 0.209. The van der Waals surface area contributed by atoms with Crippen LogP contribution in [0.4, 0.5) is 0 Å². The third-order valence-corrected chi connectivity index (χ3v) is 2.23. The van der Waals surface area contributed by atoms with Crippen molar-refractivity contribution in [2.75, 3.05) is 26.7 Å². The summed E-state index contributed by atoms with van der Waals surface area (Å²) >= 11 is 0. The van der Waals surface area contributed by atoms with Crippen LogP contribution in [0.3, 0.4) is 0 Å². The van der Waals surface area contributed by atoms with Crippen LogP contribution in [-0.4, -0.2) is 42.8 Å². The van der Waals surface area contributed by atoms with E-state index in [0.717, 1.165) is 19.5 Å². The molecule has 0 aromatic heterocycles. The molecule has 1 aliphatic heterocycles. The number of piperidine rings is 1. The Balaban J connectivity index is 2.38. The van der Waals surface area contributed by atoms with E-state index >= 15 is 0 Å². The average Bonchev–Trinajstić information content (AvgIpc) is 1.94. The van der Waals surface area contributed by atoms with E-state index in [-0.39, 0.29) is 12.6 Å². The van der Waals surface area contributed by atoms with Gasteiger partial charge in [0.15, 0.2) is 0 Å². The lowest BCUT2D eigenvalue weighted by atomic mass is 9.94. The number of likely N-dealkylation sites (tertiary alicyclic amines) is 1. The average molecular weight is 144 g/mol. The summed E-state index contributed by atoms with van der Waals surface area (Å²) in [5.74, 6) is 0.291. The van der Waals surface area contributed by atoms with Gasteiger partial charge >= 0.3 is 0 Å². The molecule has 1 fully saturated rings. The zero-order valence-electron chi connectivity index (χ0n) is 6.45. The van der Waals surface area contributed by atoms with Crippen LogP contribution >= 0.6 is 0 Å². The normalized spacial score (nSPS) is 36.3. The van der Waals surface area contributed by atoms with Crippen LogP contribution < -0.4 is 5.73 Å². The number of nitrogens with zero attached hydrogens (tertiary/aromatic N) is 1. The van der Waals surface area contributed by atoms with E-state index in [2.05, 4.69) is 11.9 Å². The van der Waals surface area contributed by atoms with Crippen molar-refractivity contribution < 1.29 is 5.11 Å². The van der Waals surface area contributed by atoms with Crippen molar-refractivity contribution in [3.8, 4) is 0 Å². The third-order valence-electron chi connectivity index (χ3n) is 2.23. The predicted molar refractivity (Wildman–Crippen MR) is 40.7 cm³/mol. The summed E-state index contributed by atoms with van der Waals surface area (Å²) < 4.78 is 0. The summed E-state index contributed by atoms with van der Waals surface area (Å²) in [4.78, 5) is 2.21. The van der Waals surface area contributed by atoms with Crippen molar-refractivity contribution in [2.45, 2.75) is 12.5 Å². The highest BCUT2D eigenvalue weighted by molar-refractivity contribution is 4.80. The second-order valence-electron chi connectivity index (χ2n) is 3.16. The SMILES string of the molecule is CN1CCC(N)C(CO)C1. The smallest absolute Gasteiger partial charge is 0.0486 e. The van der Waals surface area contributed by atoms with E-state index in [9.17, 15) is 0 Å². The quantitative estimate of drug-likeness (QED) is 0.509.